The molecule has 1 aromatic heterocycles. The summed E-state index contributed by atoms with van der Waals surface area (Å²) < 4.78 is 5.72. The first-order chi connectivity index (χ1) is 13.5. The normalized spacial score (nSPS) is 16.7. The number of carbonyl (C=O) groups is 2. The maximum Gasteiger partial charge on any atom is 0.227 e. The van der Waals surface area contributed by atoms with Gasteiger partial charge in [-0.3, -0.25) is 14.6 Å². The molecule has 2 aromatic rings. The second kappa shape index (κ2) is 9.35. The second-order valence-electron chi connectivity index (χ2n) is 7.25. The van der Waals surface area contributed by atoms with Gasteiger partial charge < -0.3 is 14.5 Å². The molecular weight excluding hydrogens is 354 g/mol. The van der Waals surface area contributed by atoms with Crippen LogP contribution in [0.15, 0.2) is 48.7 Å². The highest BCUT2D eigenvalue weighted by molar-refractivity contribution is 5.83. The Hall–Kier alpha value is -2.89. The van der Waals surface area contributed by atoms with Crippen LogP contribution in [-0.2, 0) is 16.1 Å². The number of likely N-dealkylation sites (N-methyl/N-ethyl adjacent to an activating group) is 1. The number of amides is 2. The second-order valence-corrected chi connectivity index (χ2v) is 7.25. The van der Waals surface area contributed by atoms with Gasteiger partial charge >= 0.3 is 0 Å². The average molecular weight is 381 g/mol. The molecule has 2 heterocycles. The zero-order valence-electron chi connectivity index (χ0n) is 16.5. The molecule has 0 bridgehead atoms. The predicted molar refractivity (Wildman–Crippen MR) is 107 cm³/mol. The number of piperidine rings is 1. The number of benzene rings is 1. The number of likely N-dealkylation sites (tertiary alicyclic amines) is 1. The van der Waals surface area contributed by atoms with Crippen LogP contribution in [0.3, 0.4) is 0 Å². The Bertz CT molecular complexity index is 792. The van der Waals surface area contributed by atoms with Gasteiger partial charge in [0, 0.05) is 26.2 Å². The number of pyridine rings is 1. The molecule has 0 radical (unpaired) electrons. The number of nitrogens with zero attached hydrogens (tertiary/aromatic N) is 3. The molecule has 2 amide bonds. The molecule has 1 atom stereocenters. The van der Waals surface area contributed by atoms with Gasteiger partial charge in [-0.25, -0.2) is 0 Å². The molecule has 148 valence electrons. The number of hydrogen-bond acceptors (Lipinski definition) is 4. The van der Waals surface area contributed by atoms with E-state index in [9.17, 15) is 9.59 Å². The molecule has 6 heteroatoms. The quantitative estimate of drug-likeness (QED) is 0.740. The van der Waals surface area contributed by atoms with Gasteiger partial charge in [0.1, 0.15) is 12.4 Å². The lowest BCUT2D eigenvalue weighted by Gasteiger charge is -2.33. The standard InChI is InChI=1S/C22H27N3O3/c1-17-6-9-20(10-7-17)28-14-13-24(2)22(27)18-8-11-21(26)25(15-18)16-19-5-3-4-12-23-19/h3-7,9-10,12,18H,8,11,13-16H2,1-2H3. The zero-order valence-corrected chi connectivity index (χ0v) is 16.5. The van der Waals surface area contributed by atoms with Crippen LogP contribution in [-0.4, -0.2) is 53.3 Å². The minimum atomic E-state index is -0.175. The maximum absolute atomic E-state index is 12.8. The van der Waals surface area contributed by atoms with E-state index in [2.05, 4.69) is 4.98 Å². The van der Waals surface area contributed by atoms with Crippen LogP contribution in [0.5, 0.6) is 5.75 Å². The molecular formula is C22H27N3O3. The Kier molecular flexibility index (Phi) is 6.63. The third-order valence-corrected chi connectivity index (χ3v) is 5.02. The number of ether oxygens (including phenoxy) is 1. The predicted octanol–water partition coefficient (Wildman–Crippen LogP) is 2.67. The first-order valence-corrected chi connectivity index (χ1v) is 9.65. The highest BCUT2D eigenvalue weighted by atomic mass is 16.5. The molecule has 28 heavy (non-hydrogen) atoms. The van der Waals surface area contributed by atoms with Crippen LogP contribution in [0, 0.1) is 12.8 Å². The summed E-state index contributed by atoms with van der Waals surface area (Å²) in [6, 6.07) is 13.5. The van der Waals surface area contributed by atoms with Crippen LogP contribution < -0.4 is 4.74 Å². The molecule has 0 N–H and O–H groups in total. The van der Waals surface area contributed by atoms with Crippen molar-refractivity contribution in [1.29, 1.82) is 0 Å². The zero-order chi connectivity index (χ0) is 19.9. The third kappa shape index (κ3) is 5.31. The number of aryl methyl sites for hydroxylation is 1. The molecule has 1 aromatic carbocycles. The molecule has 1 aliphatic heterocycles. The van der Waals surface area contributed by atoms with Crippen molar-refractivity contribution in [2.75, 3.05) is 26.7 Å². The van der Waals surface area contributed by atoms with Gasteiger partial charge in [-0.15, -0.1) is 0 Å². The Labute approximate surface area is 166 Å². The summed E-state index contributed by atoms with van der Waals surface area (Å²) in [5, 5.41) is 0. The first-order valence-electron chi connectivity index (χ1n) is 9.65. The largest absolute Gasteiger partial charge is 0.492 e. The van der Waals surface area contributed by atoms with Crippen molar-refractivity contribution in [2.24, 2.45) is 5.92 Å². The van der Waals surface area contributed by atoms with Crippen LogP contribution >= 0.6 is 0 Å². The van der Waals surface area contributed by atoms with Crippen molar-refractivity contribution < 1.29 is 14.3 Å². The number of rotatable bonds is 7. The average Bonchev–Trinajstić information content (AvgIpc) is 2.71. The van der Waals surface area contributed by atoms with E-state index in [1.807, 2.05) is 49.4 Å². The van der Waals surface area contributed by atoms with Crippen molar-refractivity contribution in [2.45, 2.75) is 26.3 Å². The van der Waals surface area contributed by atoms with Gasteiger partial charge in [0.2, 0.25) is 11.8 Å². The summed E-state index contributed by atoms with van der Waals surface area (Å²) in [6.07, 6.45) is 2.71. The summed E-state index contributed by atoms with van der Waals surface area (Å²) in [4.78, 5) is 32.8. The van der Waals surface area contributed by atoms with E-state index in [0.717, 1.165) is 11.4 Å². The van der Waals surface area contributed by atoms with Gasteiger partial charge in [-0.2, -0.15) is 0 Å². The molecule has 0 saturated carbocycles. The lowest BCUT2D eigenvalue weighted by Crippen LogP contribution is -2.46. The lowest BCUT2D eigenvalue weighted by atomic mass is 9.96. The summed E-state index contributed by atoms with van der Waals surface area (Å²) in [6.45, 7) is 3.87. The minimum absolute atomic E-state index is 0.0611. The van der Waals surface area contributed by atoms with Crippen molar-refractivity contribution in [3.63, 3.8) is 0 Å². The van der Waals surface area contributed by atoms with Crippen molar-refractivity contribution in [1.82, 2.24) is 14.8 Å². The fourth-order valence-corrected chi connectivity index (χ4v) is 3.31. The molecule has 0 spiro atoms. The van der Waals surface area contributed by atoms with Crippen LogP contribution in [0.25, 0.3) is 0 Å². The van der Waals surface area contributed by atoms with E-state index in [4.69, 9.17) is 4.74 Å². The van der Waals surface area contributed by atoms with E-state index in [1.54, 1.807) is 23.0 Å². The fraction of sp³-hybridized carbons (Fsp3) is 0.409. The first kappa shape index (κ1) is 19.9. The van der Waals surface area contributed by atoms with E-state index < -0.39 is 0 Å². The van der Waals surface area contributed by atoms with E-state index in [0.29, 0.717) is 39.1 Å². The van der Waals surface area contributed by atoms with Gasteiger partial charge in [0.25, 0.3) is 0 Å². The SMILES string of the molecule is Cc1ccc(OCCN(C)C(=O)C2CCC(=O)N(Cc3ccccn3)C2)cc1. The minimum Gasteiger partial charge on any atom is -0.492 e. The van der Waals surface area contributed by atoms with Crippen LogP contribution in [0.1, 0.15) is 24.1 Å². The van der Waals surface area contributed by atoms with Gasteiger partial charge in [0.05, 0.1) is 24.7 Å². The van der Waals surface area contributed by atoms with Gasteiger partial charge in [-0.1, -0.05) is 23.8 Å². The molecule has 1 saturated heterocycles. The van der Waals surface area contributed by atoms with Crippen molar-refractivity contribution in [3.8, 4) is 5.75 Å². The molecule has 6 nitrogen and oxygen atoms in total. The summed E-state index contributed by atoms with van der Waals surface area (Å²) in [5.41, 5.74) is 2.02. The topological polar surface area (TPSA) is 62.7 Å². The highest BCUT2D eigenvalue weighted by Gasteiger charge is 2.31. The number of carbonyl (C=O) groups excluding carboxylic acids is 2. The third-order valence-electron chi connectivity index (χ3n) is 5.02. The van der Waals surface area contributed by atoms with E-state index >= 15 is 0 Å². The summed E-state index contributed by atoms with van der Waals surface area (Å²) in [7, 11) is 1.79. The monoisotopic (exact) mass is 381 g/mol. The smallest absolute Gasteiger partial charge is 0.227 e. The highest BCUT2D eigenvalue weighted by Crippen LogP contribution is 2.21. The van der Waals surface area contributed by atoms with Gasteiger partial charge in [-0.05, 0) is 37.6 Å². The van der Waals surface area contributed by atoms with Crippen molar-refractivity contribution >= 4 is 11.8 Å². The Morgan fingerprint density at radius 3 is 2.75 bits per heavy atom. The van der Waals surface area contributed by atoms with Gasteiger partial charge in [0.15, 0.2) is 0 Å². The fourth-order valence-electron chi connectivity index (χ4n) is 3.31. The molecule has 3 rings (SSSR count). The Morgan fingerprint density at radius 1 is 1.25 bits per heavy atom. The van der Waals surface area contributed by atoms with E-state index in [1.165, 1.54) is 5.56 Å². The molecule has 1 aliphatic rings. The number of aromatic nitrogens is 1. The molecule has 1 unspecified atom stereocenters. The summed E-state index contributed by atoms with van der Waals surface area (Å²) >= 11 is 0. The van der Waals surface area contributed by atoms with Crippen molar-refractivity contribution in [3.05, 3.63) is 59.9 Å². The van der Waals surface area contributed by atoms with Crippen LogP contribution in [0.2, 0.25) is 0 Å². The Balaban J connectivity index is 1.49. The summed E-state index contributed by atoms with van der Waals surface area (Å²) in [5.74, 6) is 0.771. The van der Waals surface area contributed by atoms with Crippen LogP contribution in [0.4, 0.5) is 0 Å². The maximum atomic E-state index is 12.8. The molecule has 1 fully saturated rings. The Morgan fingerprint density at radius 2 is 2.04 bits per heavy atom. The lowest BCUT2D eigenvalue weighted by molar-refractivity contribution is -0.143. The molecule has 0 aliphatic carbocycles. The van der Waals surface area contributed by atoms with E-state index in [-0.39, 0.29) is 17.7 Å². The number of hydrogen-bond donors (Lipinski definition) is 0.